The van der Waals surface area contributed by atoms with Gasteiger partial charge in [0.1, 0.15) is 0 Å². The van der Waals surface area contributed by atoms with Crippen molar-refractivity contribution in [2.24, 2.45) is 11.1 Å². The van der Waals surface area contributed by atoms with E-state index >= 15 is 0 Å². The van der Waals surface area contributed by atoms with E-state index in [0.29, 0.717) is 38.0 Å². The van der Waals surface area contributed by atoms with Crippen molar-refractivity contribution in [3.05, 3.63) is 22.4 Å². The lowest BCUT2D eigenvalue weighted by Gasteiger charge is -2.29. The number of nitrogens with two attached hydrogens (primary N) is 1. The Morgan fingerprint density at radius 3 is 2.71 bits per heavy atom. The summed E-state index contributed by atoms with van der Waals surface area (Å²) in [4.78, 5) is 25.4. The van der Waals surface area contributed by atoms with Gasteiger partial charge in [-0.25, -0.2) is 0 Å². The van der Waals surface area contributed by atoms with E-state index in [1.807, 2.05) is 24.6 Å². The number of hydrogen-bond acceptors (Lipinski definition) is 4. The first-order valence-electron chi connectivity index (χ1n) is 7.10. The van der Waals surface area contributed by atoms with Gasteiger partial charge in [-0.05, 0) is 29.8 Å². The van der Waals surface area contributed by atoms with Crippen LogP contribution in [-0.2, 0) is 4.79 Å². The standard InChI is InChI=1S/C15H25N3O2S/c1-15(2,10-16)11-18(3)13(19)5-4-7-17-14(20)12-6-8-21-9-12/h6,8-9H,4-5,7,10-11,16H2,1-3H3,(H,17,20). The molecular weight excluding hydrogens is 286 g/mol. The summed E-state index contributed by atoms with van der Waals surface area (Å²) in [5, 5.41) is 6.49. The van der Waals surface area contributed by atoms with E-state index in [1.54, 1.807) is 18.0 Å². The smallest absolute Gasteiger partial charge is 0.252 e. The quantitative estimate of drug-likeness (QED) is 0.718. The van der Waals surface area contributed by atoms with Crippen molar-refractivity contribution < 1.29 is 9.59 Å². The Balaban J connectivity index is 2.23. The van der Waals surface area contributed by atoms with Gasteiger partial charge in [-0.15, -0.1) is 0 Å². The molecule has 118 valence electrons. The molecule has 0 aliphatic heterocycles. The predicted octanol–water partition coefficient (Wildman–Crippen LogP) is 1.70. The van der Waals surface area contributed by atoms with Crippen LogP contribution in [0.25, 0.3) is 0 Å². The van der Waals surface area contributed by atoms with Gasteiger partial charge in [-0.3, -0.25) is 9.59 Å². The Morgan fingerprint density at radius 1 is 1.43 bits per heavy atom. The molecule has 3 N–H and O–H groups in total. The molecule has 5 nitrogen and oxygen atoms in total. The van der Waals surface area contributed by atoms with Crippen molar-refractivity contribution >= 4 is 23.2 Å². The predicted molar refractivity (Wildman–Crippen MR) is 86.4 cm³/mol. The Morgan fingerprint density at radius 2 is 2.14 bits per heavy atom. The lowest BCUT2D eigenvalue weighted by Crippen LogP contribution is -2.39. The van der Waals surface area contributed by atoms with Gasteiger partial charge in [0, 0.05) is 37.5 Å². The van der Waals surface area contributed by atoms with Crippen molar-refractivity contribution in [2.45, 2.75) is 26.7 Å². The zero-order valence-corrected chi connectivity index (χ0v) is 13.8. The molecule has 0 spiro atoms. The van der Waals surface area contributed by atoms with E-state index in [1.165, 1.54) is 11.3 Å². The van der Waals surface area contributed by atoms with Gasteiger partial charge in [-0.1, -0.05) is 13.8 Å². The highest BCUT2D eigenvalue weighted by atomic mass is 32.1. The minimum absolute atomic E-state index is 0.0718. The monoisotopic (exact) mass is 311 g/mol. The van der Waals surface area contributed by atoms with E-state index < -0.39 is 0 Å². The van der Waals surface area contributed by atoms with Crippen molar-refractivity contribution in [3.8, 4) is 0 Å². The fourth-order valence-corrected chi connectivity index (χ4v) is 2.56. The number of hydrogen-bond donors (Lipinski definition) is 2. The molecule has 6 heteroatoms. The molecule has 0 aliphatic rings. The first-order chi connectivity index (χ1) is 9.85. The minimum Gasteiger partial charge on any atom is -0.352 e. The number of carbonyl (C=O) groups is 2. The molecule has 0 radical (unpaired) electrons. The third-order valence-corrected chi connectivity index (χ3v) is 3.96. The lowest BCUT2D eigenvalue weighted by atomic mass is 9.93. The number of nitrogens with zero attached hydrogens (tertiary/aromatic N) is 1. The number of thiophene rings is 1. The number of amides is 2. The highest BCUT2D eigenvalue weighted by Crippen LogP contribution is 2.14. The summed E-state index contributed by atoms with van der Waals surface area (Å²) in [5.74, 6) is 0.00243. The third kappa shape index (κ3) is 6.27. The maximum absolute atomic E-state index is 12.0. The zero-order chi connectivity index (χ0) is 15.9. The summed E-state index contributed by atoms with van der Waals surface area (Å²) < 4.78 is 0. The van der Waals surface area contributed by atoms with Crippen molar-refractivity contribution in [3.63, 3.8) is 0 Å². The van der Waals surface area contributed by atoms with Crippen LogP contribution in [0.15, 0.2) is 16.8 Å². The van der Waals surface area contributed by atoms with E-state index in [2.05, 4.69) is 5.32 Å². The number of rotatable bonds is 8. The number of carbonyl (C=O) groups excluding carboxylic acids is 2. The molecular formula is C15H25N3O2S. The van der Waals surface area contributed by atoms with Gasteiger partial charge >= 0.3 is 0 Å². The number of nitrogens with one attached hydrogen (secondary N) is 1. The second kappa shape index (κ2) is 8.14. The van der Waals surface area contributed by atoms with Crippen molar-refractivity contribution in [2.75, 3.05) is 26.7 Å². The molecule has 0 fully saturated rings. The van der Waals surface area contributed by atoms with Gasteiger partial charge in [0.2, 0.25) is 5.91 Å². The van der Waals surface area contributed by atoms with Gasteiger partial charge in [-0.2, -0.15) is 11.3 Å². The molecule has 0 saturated heterocycles. The van der Waals surface area contributed by atoms with Gasteiger partial charge in [0.15, 0.2) is 0 Å². The topological polar surface area (TPSA) is 75.4 Å². The summed E-state index contributed by atoms with van der Waals surface area (Å²) in [6.07, 6.45) is 1.07. The molecule has 1 aromatic rings. The largest absolute Gasteiger partial charge is 0.352 e. The summed E-state index contributed by atoms with van der Waals surface area (Å²) in [6.45, 7) is 5.77. The lowest BCUT2D eigenvalue weighted by molar-refractivity contribution is -0.131. The average Bonchev–Trinajstić information content (AvgIpc) is 2.96. The molecule has 0 aliphatic carbocycles. The van der Waals surface area contributed by atoms with E-state index in [4.69, 9.17) is 5.73 Å². The first-order valence-corrected chi connectivity index (χ1v) is 8.04. The molecule has 0 saturated carbocycles. The van der Waals surface area contributed by atoms with Crippen molar-refractivity contribution in [1.29, 1.82) is 0 Å². The van der Waals surface area contributed by atoms with Crippen LogP contribution in [0.3, 0.4) is 0 Å². The van der Waals surface area contributed by atoms with Gasteiger partial charge < -0.3 is 16.0 Å². The highest BCUT2D eigenvalue weighted by molar-refractivity contribution is 7.08. The summed E-state index contributed by atoms with van der Waals surface area (Å²) >= 11 is 1.49. The van der Waals surface area contributed by atoms with Gasteiger partial charge in [0.25, 0.3) is 5.91 Å². The van der Waals surface area contributed by atoms with Crippen LogP contribution in [-0.4, -0.2) is 43.4 Å². The van der Waals surface area contributed by atoms with E-state index in [9.17, 15) is 9.59 Å². The Kier molecular flexibility index (Phi) is 6.84. The fraction of sp³-hybridized carbons (Fsp3) is 0.600. The van der Waals surface area contributed by atoms with Crippen LogP contribution in [0.5, 0.6) is 0 Å². The van der Waals surface area contributed by atoms with Crippen LogP contribution in [0.4, 0.5) is 0 Å². The summed E-state index contributed by atoms with van der Waals surface area (Å²) in [5.41, 5.74) is 6.27. The van der Waals surface area contributed by atoms with Gasteiger partial charge in [0.05, 0.1) is 0 Å². The molecule has 0 atom stereocenters. The fourth-order valence-electron chi connectivity index (χ4n) is 1.92. The first kappa shape index (κ1) is 17.7. The molecule has 2 amide bonds. The Hall–Kier alpha value is -1.40. The SMILES string of the molecule is CN(CC(C)(C)CN)C(=O)CCCNC(=O)c1ccsc1. The second-order valence-electron chi connectivity index (χ2n) is 5.99. The van der Waals surface area contributed by atoms with Crippen LogP contribution in [0, 0.1) is 5.41 Å². The van der Waals surface area contributed by atoms with Crippen LogP contribution in [0.2, 0.25) is 0 Å². The molecule has 1 aromatic heterocycles. The van der Waals surface area contributed by atoms with Crippen molar-refractivity contribution in [1.82, 2.24) is 10.2 Å². The molecule has 1 heterocycles. The second-order valence-corrected chi connectivity index (χ2v) is 6.77. The highest BCUT2D eigenvalue weighted by Gasteiger charge is 2.20. The maximum atomic E-state index is 12.0. The van der Waals surface area contributed by atoms with Crippen LogP contribution < -0.4 is 11.1 Å². The van der Waals surface area contributed by atoms with E-state index in [-0.39, 0.29) is 17.2 Å². The third-order valence-electron chi connectivity index (χ3n) is 3.28. The molecule has 0 bridgehead atoms. The van der Waals surface area contributed by atoms with Crippen LogP contribution in [0.1, 0.15) is 37.0 Å². The normalized spacial score (nSPS) is 11.2. The summed E-state index contributed by atoms with van der Waals surface area (Å²) in [6, 6.07) is 1.79. The minimum atomic E-state index is -0.0821. The molecule has 0 unspecified atom stereocenters. The van der Waals surface area contributed by atoms with Crippen LogP contribution >= 0.6 is 11.3 Å². The van der Waals surface area contributed by atoms with E-state index in [0.717, 1.165) is 0 Å². The molecule has 0 aromatic carbocycles. The maximum Gasteiger partial charge on any atom is 0.252 e. The Bertz CT molecular complexity index is 457. The zero-order valence-electron chi connectivity index (χ0n) is 13.0. The molecule has 1 rings (SSSR count). The average molecular weight is 311 g/mol. The Labute approximate surface area is 130 Å². The molecule has 21 heavy (non-hydrogen) atoms. The summed E-state index contributed by atoms with van der Waals surface area (Å²) in [7, 11) is 1.80.